The first-order valence-corrected chi connectivity index (χ1v) is 6.52. The smallest absolute Gasteiger partial charge is 0.272 e. The predicted molar refractivity (Wildman–Crippen MR) is 68.9 cm³/mol. The molecule has 5 nitrogen and oxygen atoms in total. The van der Waals surface area contributed by atoms with Gasteiger partial charge >= 0.3 is 0 Å². The van der Waals surface area contributed by atoms with Crippen molar-refractivity contribution in [3.63, 3.8) is 0 Å². The Kier molecular flexibility index (Phi) is 3.53. The first-order chi connectivity index (χ1) is 7.99. The molecule has 1 aromatic rings. The molecule has 0 saturated heterocycles. The van der Waals surface area contributed by atoms with Crippen LogP contribution >= 0.6 is 15.9 Å². The van der Waals surface area contributed by atoms with E-state index in [0.29, 0.717) is 5.69 Å². The highest BCUT2D eigenvalue weighted by molar-refractivity contribution is 9.10. The number of aromatic nitrogens is 2. The molecule has 0 radical (unpaired) electrons. The van der Waals surface area contributed by atoms with Crippen LogP contribution in [0.5, 0.6) is 0 Å². The summed E-state index contributed by atoms with van der Waals surface area (Å²) in [5, 5.41) is 2.88. The molecule has 0 fully saturated rings. The van der Waals surface area contributed by atoms with Gasteiger partial charge in [-0.3, -0.25) is 9.69 Å². The molecule has 1 aliphatic heterocycles. The number of likely N-dealkylation sites (N-methyl/N-ethyl adjacent to an activating group) is 1. The SMILES string of the molecule is CC(C)NC(=O)c1nc(Br)n2c1CN(C)CC2. The van der Waals surface area contributed by atoms with E-state index in [1.54, 1.807) is 0 Å². The fourth-order valence-electron chi connectivity index (χ4n) is 1.96. The Hall–Kier alpha value is -0.880. The summed E-state index contributed by atoms with van der Waals surface area (Å²) in [7, 11) is 2.05. The molecule has 2 heterocycles. The van der Waals surface area contributed by atoms with Crippen molar-refractivity contribution >= 4 is 21.8 Å². The second-order valence-corrected chi connectivity index (χ2v) is 5.40. The van der Waals surface area contributed by atoms with Crippen molar-refractivity contribution in [2.45, 2.75) is 33.0 Å². The normalized spacial score (nSPS) is 16.1. The van der Waals surface area contributed by atoms with Gasteiger partial charge in [0.05, 0.1) is 5.69 Å². The third-order valence-electron chi connectivity index (χ3n) is 2.79. The summed E-state index contributed by atoms with van der Waals surface area (Å²) < 4.78 is 2.81. The monoisotopic (exact) mass is 300 g/mol. The molecule has 0 unspecified atom stereocenters. The number of carbonyl (C=O) groups excluding carboxylic acids is 1. The lowest BCUT2D eigenvalue weighted by atomic mass is 10.2. The van der Waals surface area contributed by atoms with E-state index in [0.717, 1.165) is 30.1 Å². The summed E-state index contributed by atoms with van der Waals surface area (Å²) in [5.74, 6) is -0.0928. The fourth-order valence-corrected chi connectivity index (χ4v) is 2.53. The number of fused-ring (bicyclic) bond motifs is 1. The van der Waals surface area contributed by atoms with Gasteiger partial charge in [-0.25, -0.2) is 4.98 Å². The summed E-state index contributed by atoms with van der Waals surface area (Å²) >= 11 is 3.41. The van der Waals surface area contributed by atoms with Crippen molar-refractivity contribution in [2.75, 3.05) is 13.6 Å². The molecule has 0 atom stereocenters. The van der Waals surface area contributed by atoms with Crippen LogP contribution in [0.25, 0.3) is 0 Å². The minimum absolute atomic E-state index is 0.0928. The summed E-state index contributed by atoms with van der Waals surface area (Å²) in [6.45, 7) is 6.50. The van der Waals surface area contributed by atoms with E-state index in [2.05, 4.69) is 42.7 Å². The lowest BCUT2D eigenvalue weighted by Crippen LogP contribution is -2.34. The number of hydrogen-bond donors (Lipinski definition) is 1. The van der Waals surface area contributed by atoms with Gasteiger partial charge in [-0.1, -0.05) is 0 Å². The number of halogens is 1. The Balaban J connectivity index is 2.32. The predicted octanol–water partition coefficient (Wildman–Crippen LogP) is 1.23. The molecule has 0 aromatic carbocycles. The Morgan fingerprint density at radius 3 is 2.82 bits per heavy atom. The molecule has 0 aliphatic carbocycles. The van der Waals surface area contributed by atoms with Gasteiger partial charge in [0.1, 0.15) is 0 Å². The van der Waals surface area contributed by atoms with Crippen LogP contribution in [0.2, 0.25) is 0 Å². The number of nitrogens with one attached hydrogen (secondary N) is 1. The Labute approximate surface area is 109 Å². The maximum atomic E-state index is 12.0. The molecule has 0 saturated carbocycles. The average Bonchev–Trinajstić information content (AvgIpc) is 2.54. The van der Waals surface area contributed by atoms with Crippen LogP contribution in [0, 0.1) is 0 Å². The number of rotatable bonds is 2. The van der Waals surface area contributed by atoms with Gasteiger partial charge in [-0.15, -0.1) is 0 Å². The van der Waals surface area contributed by atoms with E-state index < -0.39 is 0 Å². The maximum Gasteiger partial charge on any atom is 0.272 e. The van der Waals surface area contributed by atoms with Gasteiger partial charge in [0.25, 0.3) is 5.91 Å². The quantitative estimate of drug-likeness (QED) is 0.894. The summed E-state index contributed by atoms with van der Waals surface area (Å²) in [6, 6.07) is 0.125. The van der Waals surface area contributed by atoms with E-state index in [9.17, 15) is 4.79 Å². The highest BCUT2D eigenvalue weighted by atomic mass is 79.9. The number of nitrogens with zero attached hydrogens (tertiary/aromatic N) is 3. The zero-order valence-electron chi connectivity index (χ0n) is 10.3. The average molecular weight is 301 g/mol. The molecular weight excluding hydrogens is 284 g/mol. The van der Waals surface area contributed by atoms with E-state index in [-0.39, 0.29) is 11.9 Å². The van der Waals surface area contributed by atoms with Crippen molar-refractivity contribution in [3.05, 3.63) is 16.1 Å². The van der Waals surface area contributed by atoms with Gasteiger partial charge in [0.2, 0.25) is 0 Å². The van der Waals surface area contributed by atoms with E-state index in [1.165, 1.54) is 0 Å². The second kappa shape index (κ2) is 4.78. The van der Waals surface area contributed by atoms with Crippen molar-refractivity contribution in [2.24, 2.45) is 0 Å². The van der Waals surface area contributed by atoms with Crippen LogP contribution in [0.3, 0.4) is 0 Å². The molecular formula is C11H17BrN4O. The minimum atomic E-state index is -0.0928. The van der Waals surface area contributed by atoms with Crippen molar-refractivity contribution in [3.8, 4) is 0 Å². The zero-order valence-corrected chi connectivity index (χ0v) is 11.9. The number of hydrogen-bond acceptors (Lipinski definition) is 3. The molecule has 1 amide bonds. The molecule has 17 heavy (non-hydrogen) atoms. The van der Waals surface area contributed by atoms with Crippen molar-refractivity contribution < 1.29 is 4.79 Å². The summed E-state index contributed by atoms with van der Waals surface area (Å²) in [4.78, 5) is 18.5. The third kappa shape index (κ3) is 2.52. The Bertz CT molecular complexity index is 441. The summed E-state index contributed by atoms with van der Waals surface area (Å²) in [5.41, 5.74) is 1.53. The molecule has 1 aliphatic rings. The van der Waals surface area contributed by atoms with Gasteiger partial charge < -0.3 is 9.88 Å². The molecule has 94 valence electrons. The molecule has 1 N–H and O–H groups in total. The highest BCUT2D eigenvalue weighted by Crippen LogP contribution is 2.21. The van der Waals surface area contributed by atoms with E-state index >= 15 is 0 Å². The van der Waals surface area contributed by atoms with Crippen molar-refractivity contribution in [1.82, 2.24) is 19.8 Å². The van der Waals surface area contributed by atoms with Gasteiger partial charge in [0, 0.05) is 25.7 Å². The van der Waals surface area contributed by atoms with Gasteiger partial charge in [-0.05, 0) is 36.8 Å². The lowest BCUT2D eigenvalue weighted by Gasteiger charge is -2.25. The van der Waals surface area contributed by atoms with Crippen LogP contribution < -0.4 is 5.32 Å². The lowest BCUT2D eigenvalue weighted by molar-refractivity contribution is 0.0935. The molecule has 0 spiro atoms. The van der Waals surface area contributed by atoms with Crippen LogP contribution in [0.15, 0.2) is 4.73 Å². The van der Waals surface area contributed by atoms with E-state index in [4.69, 9.17) is 0 Å². The standard InChI is InChI=1S/C11H17BrN4O/c1-7(2)13-10(17)9-8-6-15(3)4-5-16(8)11(12)14-9/h7H,4-6H2,1-3H3,(H,13,17). The molecule has 1 aromatic heterocycles. The summed E-state index contributed by atoms with van der Waals surface area (Å²) in [6.07, 6.45) is 0. The fraction of sp³-hybridized carbons (Fsp3) is 0.636. The molecule has 6 heteroatoms. The first-order valence-electron chi connectivity index (χ1n) is 5.73. The van der Waals surface area contributed by atoms with Gasteiger partial charge in [-0.2, -0.15) is 0 Å². The van der Waals surface area contributed by atoms with Gasteiger partial charge in [0.15, 0.2) is 10.4 Å². The zero-order chi connectivity index (χ0) is 12.6. The topological polar surface area (TPSA) is 50.2 Å². The maximum absolute atomic E-state index is 12.0. The van der Waals surface area contributed by atoms with E-state index in [1.807, 2.05) is 13.8 Å². The van der Waals surface area contributed by atoms with Crippen LogP contribution in [-0.4, -0.2) is 40.0 Å². The number of imidazole rings is 1. The Morgan fingerprint density at radius 2 is 2.18 bits per heavy atom. The largest absolute Gasteiger partial charge is 0.348 e. The van der Waals surface area contributed by atoms with Crippen LogP contribution in [-0.2, 0) is 13.1 Å². The molecule has 0 bridgehead atoms. The Morgan fingerprint density at radius 1 is 1.47 bits per heavy atom. The van der Waals surface area contributed by atoms with Crippen LogP contribution in [0.4, 0.5) is 0 Å². The highest BCUT2D eigenvalue weighted by Gasteiger charge is 2.25. The van der Waals surface area contributed by atoms with Crippen molar-refractivity contribution in [1.29, 1.82) is 0 Å². The number of carbonyl (C=O) groups is 1. The van der Waals surface area contributed by atoms with Crippen LogP contribution in [0.1, 0.15) is 30.0 Å². The first kappa shape index (κ1) is 12.6. The molecule has 2 rings (SSSR count). The third-order valence-corrected chi connectivity index (χ3v) is 3.39. The minimum Gasteiger partial charge on any atom is -0.348 e. The second-order valence-electron chi connectivity index (χ2n) is 4.69. The number of amides is 1.